The van der Waals surface area contributed by atoms with E-state index in [1.165, 1.54) is 18.2 Å². The van der Waals surface area contributed by atoms with Crippen LogP contribution in [0.4, 0.5) is 4.39 Å². The van der Waals surface area contributed by atoms with Crippen molar-refractivity contribution < 1.29 is 13.9 Å². The van der Waals surface area contributed by atoms with Crippen LogP contribution in [0.15, 0.2) is 66.7 Å². The molecule has 0 bridgehead atoms. The minimum atomic E-state index is -0.653. The van der Waals surface area contributed by atoms with E-state index in [4.69, 9.17) is 27.9 Å². The van der Waals surface area contributed by atoms with Gasteiger partial charge < -0.3 is 10.1 Å². The van der Waals surface area contributed by atoms with Gasteiger partial charge in [0.2, 0.25) is 0 Å². The summed E-state index contributed by atoms with van der Waals surface area (Å²) < 4.78 is 20.9. The van der Waals surface area contributed by atoms with Crippen molar-refractivity contribution in [3.05, 3.63) is 99.3 Å². The number of hydrogen-bond donors (Lipinski definition) is 1. The van der Waals surface area contributed by atoms with Gasteiger partial charge in [0.1, 0.15) is 0 Å². The molecule has 0 radical (unpaired) electrons. The lowest BCUT2D eigenvalue weighted by Gasteiger charge is -2.22. The monoisotopic (exact) mass is 445 g/mol. The number of halogens is 3. The zero-order valence-electron chi connectivity index (χ0n) is 16.9. The van der Waals surface area contributed by atoms with Gasteiger partial charge in [-0.3, -0.25) is 4.79 Å². The smallest absolute Gasteiger partial charge is 0.251 e. The van der Waals surface area contributed by atoms with Crippen molar-refractivity contribution in [1.29, 1.82) is 0 Å². The zero-order chi connectivity index (χ0) is 21.9. The van der Waals surface area contributed by atoms with E-state index in [9.17, 15) is 9.18 Å². The highest BCUT2D eigenvalue weighted by atomic mass is 35.5. The van der Waals surface area contributed by atoms with Crippen LogP contribution in [-0.4, -0.2) is 11.4 Å². The second kappa shape index (κ2) is 9.07. The van der Waals surface area contributed by atoms with Gasteiger partial charge in [-0.1, -0.05) is 53.5 Å². The van der Waals surface area contributed by atoms with Crippen molar-refractivity contribution in [1.82, 2.24) is 5.32 Å². The summed E-state index contributed by atoms with van der Waals surface area (Å²) in [6, 6.07) is 18.5. The van der Waals surface area contributed by atoms with Crippen molar-refractivity contribution >= 4 is 29.1 Å². The minimum absolute atomic E-state index is 0.0159. The zero-order valence-corrected chi connectivity index (χ0v) is 18.4. The molecule has 30 heavy (non-hydrogen) atoms. The molecule has 0 saturated heterocycles. The Labute approximate surface area is 185 Å². The van der Waals surface area contributed by atoms with Gasteiger partial charge in [0.05, 0.1) is 0 Å². The van der Waals surface area contributed by atoms with Gasteiger partial charge >= 0.3 is 0 Å². The fourth-order valence-corrected chi connectivity index (χ4v) is 3.27. The number of nitrogens with one attached hydrogen (secondary N) is 1. The van der Waals surface area contributed by atoms with Crippen molar-refractivity contribution in [2.45, 2.75) is 32.4 Å². The van der Waals surface area contributed by atoms with Gasteiger partial charge in [0.15, 0.2) is 17.7 Å². The first-order valence-electron chi connectivity index (χ1n) is 9.42. The summed E-state index contributed by atoms with van der Waals surface area (Å²) in [7, 11) is 0. The Morgan fingerprint density at radius 1 is 1.00 bits per heavy atom. The Hall–Kier alpha value is -2.56. The highest BCUT2D eigenvalue weighted by molar-refractivity contribution is 6.31. The van der Waals surface area contributed by atoms with Crippen LogP contribution in [-0.2, 0) is 0 Å². The summed E-state index contributed by atoms with van der Waals surface area (Å²) >= 11 is 12.4. The lowest BCUT2D eigenvalue weighted by molar-refractivity contribution is 0.0919. The van der Waals surface area contributed by atoms with Crippen LogP contribution in [0.25, 0.3) is 0 Å². The molecule has 1 N–H and O–H groups in total. The largest absolute Gasteiger partial charge is 0.478 e. The second-order valence-electron chi connectivity index (χ2n) is 7.92. The van der Waals surface area contributed by atoms with Gasteiger partial charge in [-0.2, -0.15) is 0 Å². The standard InChI is InChI=1S/C24H22Cl2FNO2/c1-24(2,3)28-23(29)16-10-13-21(20(27)14-16)30-22(15-8-11-17(25)12-9-15)18-6-4-5-7-19(18)26/h4-14,22H,1-3H3,(H,28,29). The SMILES string of the molecule is CC(C)(C)NC(=O)c1ccc(OC(c2ccc(Cl)cc2)c2ccccc2Cl)c(F)c1. The van der Waals surface area contributed by atoms with Crippen LogP contribution < -0.4 is 10.1 Å². The van der Waals surface area contributed by atoms with Gasteiger partial charge in [-0.25, -0.2) is 4.39 Å². The molecule has 3 rings (SSSR count). The first-order valence-corrected chi connectivity index (χ1v) is 10.2. The van der Waals surface area contributed by atoms with E-state index in [-0.39, 0.29) is 17.2 Å². The average molecular weight is 446 g/mol. The van der Waals surface area contributed by atoms with E-state index in [2.05, 4.69) is 5.32 Å². The number of amides is 1. The number of ether oxygens (including phenoxy) is 1. The average Bonchev–Trinajstić information content (AvgIpc) is 2.67. The highest BCUT2D eigenvalue weighted by Crippen LogP contribution is 2.34. The Morgan fingerprint density at radius 3 is 2.27 bits per heavy atom. The molecule has 0 aliphatic rings. The number of carbonyl (C=O) groups is 1. The van der Waals surface area contributed by atoms with Crippen molar-refractivity contribution in [2.75, 3.05) is 0 Å². The third-order valence-corrected chi connectivity index (χ3v) is 4.88. The lowest BCUT2D eigenvalue weighted by Crippen LogP contribution is -2.40. The molecule has 0 aliphatic carbocycles. The predicted octanol–water partition coefficient (Wildman–Crippen LogP) is 6.83. The normalized spacial score (nSPS) is 12.3. The topological polar surface area (TPSA) is 38.3 Å². The maximum atomic E-state index is 14.8. The summed E-state index contributed by atoms with van der Waals surface area (Å²) in [4.78, 5) is 12.3. The number of carbonyl (C=O) groups excluding carboxylic acids is 1. The molecule has 3 aromatic rings. The maximum Gasteiger partial charge on any atom is 0.251 e. The second-order valence-corrected chi connectivity index (χ2v) is 8.76. The third kappa shape index (κ3) is 5.53. The van der Waals surface area contributed by atoms with Crippen LogP contribution >= 0.6 is 23.2 Å². The Bertz CT molecular complexity index is 1050. The summed E-state index contributed by atoms with van der Waals surface area (Å²) in [5.41, 5.74) is 1.25. The van der Waals surface area contributed by atoms with Gasteiger partial charge in [0.25, 0.3) is 5.91 Å². The van der Waals surface area contributed by atoms with Gasteiger partial charge in [-0.15, -0.1) is 0 Å². The number of hydrogen-bond acceptors (Lipinski definition) is 2. The fraction of sp³-hybridized carbons (Fsp3) is 0.208. The van der Waals surface area contributed by atoms with Crippen LogP contribution in [0.1, 0.15) is 48.4 Å². The Kier molecular flexibility index (Phi) is 6.69. The van der Waals surface area contributed by atoms with E-state index in [1.807, 2.05) is 39.0 Å². The summed E-state index contributed by atoms with van der Waals surface area (Å²) in [6.45, 7) is 5.58. The Morgan fingerprint density at radius 2 is 1.67 bits per heavy atom. The van der Waals surface area contributed by atoms with Crippen molar-refractivity contribution in [3.8, 4) is 5.75 Å². The molecule has 1 atom stereocenters. The molecule has 1 amide bonds. The van der Waals surface area contributed by atoms with E-state index in [1.54, 1.807) is 30.3 Å². The Balaban J connectivity index is 1.94. The molecule has 0 spiro atoms. The molecular weight excluding hydrogens is 424 g/mol. The molecule has 3 nitrogen and oxygen atoms in total. The first kappa shape index (κ1) is 22.1. The number of rotatable bonds is 5. The van der Waals surface area contributed by atoms with Gasteiger partial charge in [-0.05, 0) is 62.7 Å². The molecule has 0 fully saturated rings. The molecule has 0 saturated carbocycles. The molecule has 6 heteroatoms. The van der Waals surface area contributed by atoms with Crippen LogP contribution in [0, 0.1) is 5.82 Å². The molecular formula is C24H22Cl2FNO2. The fourth-order valence-electron chi connectivity index (χ4n) is 2.91. The molecule has 0 aliphatic heterocycles. The predicted molar refractivity (Wildman–Crippen MR) is 119 cm³/mol. The summed E-state index contributed by atoms with van der Waals surface area (Å²) in [6.07, 6.45) is -0.653. The molecule has 156 valence electrons. The quantitative estimate of drug-likeness (QED) is 0.467. The van der Waals surface area contributed by atoms with Crippen molar-refractivity contribution in [2.24, 2.45) is 0 Å². The van der Waals surface area contributed by atoms with E-state index >= 15 is 0 Å². The third-order valence-electron chi connectivity index (χ3n) is 4.29. The maximum absolute atomic E-state index is 14.8. The molecule has 3 aromatic carbocycles. The molecule has 0 aromatic heterocycles. The highest BCUT2D eigenvalue weighted by Gasteiger charge is 2.22. The van der Waals surface area contributed by atoms with E-state index in [0.29, 0.717) is 15.6 Å². The van der Waals surface area contributed by atoms with Crippen molar-refractivity contribution in [3.63, 3.8) is 0 Å². The van der Waals surface area contributed by atoms with E-state index < -0.39 is 17.5 Å². The van der Waals surface area contributed by atoms with Crippen LogP contribution in [0.3, 0.4) is 0 Å². The summed E-state index contributed by atoms with van der Waals surface area (Å²) in [5, 5.41) is 3.89. The molecule has 1 unspecified atom stereocenters. The van der Waals surface area contributed by atoms with Gasteiger partial charge in [0, 0.05) is 26.7 Å². The molecule has 0 heterocycles. The van der Waals surface area contributed by atoms with Crippen LogP contribution in [0.5, 0.6) is 5.75 Å². The summed E-state index contributed by atoms with van der Waals surface area (Å²) in [5.74, 6) is -0.974. The lowest BCUT2D eigenvalue weighted by atomic mass is 10.0. The first-order chi connectivity index (χ1) is 14.1. The van der Waals surface area contributed by atoms with E-state index in [0.717, 1.165) is 5.56 Å². The van der Waals surface area contributed by atoms with Crippen LogP contribution in [0.2, 0.25) is 10.0 Å². The number of benzene rings is 3. The minimum Gasteiger partial charge on any atom is -0.478 e.